The molecule has 0 aliphatic carbocycles. The first-order valence-corrected chi connectivity index (χ1v) is 7.72. The van der Waals surface area contributed by atoms with Crippen molar-refractivity contribution < 1.29 is 14.3 Å². The van der Waals surface area contributed by atoms with Crippen molar-refractivity contribution in [3.63, 3.8) is 0 Å². The molecule has 0 radical (unpaired) electrons. The van der Waals surface area contributed by atoms with Gasteiger partial charge in [-0.25, -0.2) is 4.79 Å². The molecular formula is C17H15Cl2NO3. The van der Waals surface area contributed by atoms with E-state index in [1.165, 1.54) is 6.07 Å². The number of halogens is 2. The van der Waals surface area contributed by atoms with Crippen LogP contribution in [0.4, 0.5) is 5.69 Å². The Balaban J connectivity index is 2.20. The topological polar surface area (TPSA) is 55.4 Å². The summed E-state index contributed by atoms with van der Waals surface area (Å²) in [6.45, 7) is 3.81. The zero-order valence-corrected chi connectivity index (χ0v) is 14.2. The van der Waals surface area contributed by atoms with E-state index in [9.17, 15) is 9.59 Å². The first-order chi connectivity index (χ1) is 10.9. The third-order valence-corrected chi connectivity index (χ3v) is 3.71. The van der Waals surface area contributed by atoms with E-state index >= 15 is 0 Å². The molecule has 0 atom stereocenters. The maximum atomic E-state index is 12.3. The van der Waals surface area contributed by atoms with Gasteiger partial charge in [-0.05, 0) is 55.8 Å². The minimum Gasteiger partial charge on any atom is -0.462 e. The van der Waals surface area contributed by atoms with Crippen molar-refractivity contribution in [1.82, 2.24) is 0 Å². The van der Waals surface area contributed by atoms with Gasteiger partial charge < -0.3 is 10.1 Å². The Morgan fingerprint density at radius 3 is 2.48 bits per heavy atom. The van der Waals surface area contributed by atoms with Crippen LogP contribution in [0.5, 0.6) is 0 Å². The van der Waals surface area contributed by atoms with Crippen LogP contribution in [0.15, 0.2) is 36.4 Å². The molecule has 2 aromatic carbocycles. The predicted octanol–water partition coefficient (Wildman–Crippen LogP) is 4.73. The second-order valence-electron chi connectivity index (χ2n) is 4.83. The van der Waals surface area contributed by atoms with Crippen molar-refractivity contribution in [1.29, 1.82) is 0 Å². The van der Waals surface area contributed by atoms with Crippen LogP contribution >= 0.6 is 23.2 Å². The van der Waals surface area contributed by atoms with Crippen LogP contribution in [0.1, 0.15) is 33.2 Å². The molecular weight excluding hydrogens is 337 g/mol. The van der Waals surface area contributed by atoms with Crippen molar-refractivity contribution in [2.45, 2.75) is 13.8 Å². The van der Waals surface area contributed by atoms with Crippen molar-refractivity contribution >= 4 is 40.8 Å². The smallest absolute Gasteiger partial charge is 0.338 e. The Kier molecular flexibility index (Phi) is 5.64. The molecule has 0 saturated heterocycles. The first kappa shape index (κ1) is 17.3. The number of esters is 1. The highest BCUT2D eigenvalue weighted by Crippen LogP contribution is 2.25. The van der Waals surface area contributed by atoms with Gasteiger partial charge in [0.05, 0.1) is 22.9 Å². The molecule has 0 aliphatic heterocycles. The molecule has 0 aromatic heterocycles. The number of aryl methyl sites for hydroxylation is 1. The van der Waals surface area contributed by atoms with Gasteiger partial charge in [0.1, 0.15) is 0 Å². The fourth-order valence-electron chi connectivity index (χ4n) is 2.03. The fourth-order valence-corrected chi connectivity index (χ4v) is 2.48. The van der Waals surface area contributed by atoms with Crippen molar-refractivity contribution in [3.8, 4) is 0 Å². The Hall–Kier alpha value is -2.04. The molecule has 0 saturated carbocycles. The molecule has 0 heterocycles. The van der Waals surface area contributed by atoms with Crippen LogP contribution in [0.25, 0.3) is 0 Å². The van der Waals surface area contributed by atoms with Crippen LogP contribution in [-0.4, -0.2) is 18.5 Å². The average molecular weight is 352 g/mol. The highest BCUT2D eigenvalue weighted by molar-refractivity contribution is 6.34. The molecule has 4 nitrogen and oxygen atoms in total. The number of ether oxygens (including phenoxy) is 1. The van der Waals surface area contributed by atoms with E-state index in [2.05, 4.69) is 5.32 Å². The highest BCUT2D eigenvalue weighted by Gasteiger charge is 2.13. The summed E-state index contributed by atoms with van der Waals surface area (Å²) in [6, 6.07) is 9.58. The van der Waals surface area contributed by atoms with Crippen LogP contribution in [-0.2, 0) is 4.74 Å². The summed E-state index contributed by atoms with van der Waals surface area (Å²) in [5, 5.41) is 3.54. The number of anilines is 1. The predicted molar refractivity (Wildman–Crippen MR) is 91.6 cm³/mol. The SMILES string of the molecule is CCOC(=O)c1ccc(NC(=O)c2ccc(Cl)cc2C)c(Cl)c1. The van der Waals surface area contributed by atoms with Gasteiger partial charge in [-0.2, -0.15) is 0 Å². The molecule has 0 fully saturated rings. The minimum absolute atomic E-state index is 0.260. The Labute approximate surface area is 144 Å². The third-order valence-electron chi connectivity index (χ3n) is 3.16. The van der Waals surface area contributed by atoms with E-state index in [0.717, 1.165) is 5.56 Å². The molecule has 120 valence electrons. The van der Waals surface area contributed by atoms with Gasteiger partial charge in [-0.15, -0.1) is 0 Å². The second-order valence-corrected chi connectivity index (χ2v) is 5.67. The van der Waals surface area contributed by atoms with Crippen molar-refractivity contribution in [3.05, 3.63) is 63.1 Å². The second kappa shape index (κ2) is 7.49. The summed E-state index contributed by atoms with van der Waals surface area (Å²) >= 11 is 12.0. The fraction of sp³-hybridized carbons (Fsp3) is 0.176. The number of benzene rings is 2. The van der Waals surface area contributed by atoms with E-state index in [4.69, 9.17) is 27.9 Å². The van der Waals surface area contributed by atoms with Crippen molar-refractivity contribution in [2.75, 3.05) is 11.9 Å². The monoisotopic (exact) mass is 351 g/mol. The van der Waals surface area contributed by atoms with Gasteiger partial charge in [0, 0.05) is 10.6 Å². The third kappa shape index (κ3) is 4.24. The van der Waals surface area contributed by atoms with E-state index in [1.54, 1.807) is 44.2 Å². The van der Waals surface area contributed by atoms with Crippen LogP contribution < -0.4 is 5.32 Å². The van der Waals surface area contributed by atoms with Gasteiger partial charge >= 0.3 is 5.97 Å². The Morgan fingerprint density at radius 1 is 1.13 bits per heavy atom. The van der Waals surface area contributed by atoms with Gasteiger partial charge in [0.2, 0.25) is 0 Å². The zero-order valence-electron chi connectivity index (χ0n) is 12.7. The summed E-state index contributed by atoms with van der Waals surface area (Å²) in [5.41, 5.74) is 2.01. The average Bonchev–Trinajstić information content (AvgIpc) is 2.49. The van der Waals surface area contributed by atoms with E-state index in [1.807, 2.05) is 0 Å². The Bertz CT molecular complexity index is 759. The van der Waals surface area contributed by atoms with Gasteiger partial charge in [-0.3, -0.25) is 4.79 Å². The number of hydrogen-bond acceptors (Lipinski definition) is 3. The molecule has 0 bridgehead atoms. The summed E-state index contributed by atoms with van der Waals surface area (Å²) in [4.78, 5) is 24.0. The summed E-state index contributed by atoms with van der Waals surface area (Å²) in [5.74, 6) is -0.759. The highest BCUT2D eigenvalue weighted by atomic mass is 35.5. The number of nitrogens with one attached hydrogen (secondary N) is 1. The molecule has 1 N–H and O–H groups in total. The lowest BCUT2D eigenvalue weighted by Crippen LogP contribution is -2.14. The lowest BCUT2D eigenvalue weighted by atomic mass is 10.1. The molecule has 0 spiro atoms. The van der Waals surface area contributed by atoms with Gasteiger partial charge in [0.15, 0.2) is 0 Å². The number of carbonyl (C=O) groups excluding carboxylic acids is 2. The molecule has 23 heavy (non-hydrogen) atoms. The molecule has 6 heteroatoms. The van der Waals surface area contributed by atoms with E-state index < -0.39 is 5.97 Å². The Morgan fingerprint density at radius 2 is 1.87 bits per heavy atom. The summed E-state index contributed by atoms with van der Waals surface area (Å²) in [7, 11) is 0. The maximum absolute atomic E-state index is 12.3. The normalized spacial score (nSPS) is 10.3. The van der Waals surface area contributed by atoms with Gasteiger partial charge in [0.25, 0.3) is 5.91 Å². The zero-order chi connectivity index (χ0) is 17.0. The number of rotatable bonds is 4. The van der Waals surface area contributed by atoms with E-state index in [-0.39, 0.29) is 17.5 Å². The van der Waals surface area contributed by atoms with Crippen LogP contribution in [0, 0.1) is 6.92 Å². The number of hydrogen-bond donors (Lipinski definition) is 1. The standard InChI is InChI=1S/C17H15Cl2NO3/c1-3-23-17(22)11-4-7-15(14(19)9-11)20-16(21)13-6-5-12(18)8-10(13)2/h4-9H,3H2,1-2H3,(H,20,21). The molecule has 0 aliphatic rings. The van der Waals surface area contributed by atoms with Crippen LogP contribution in [0.3, 0.4) is 0 Å². The molecule has 0 unspecified atom stereocenters. The summed E-state index contributed by atoms with van der Waals surface area (Å²) < 4.78 is 4.90. The molecule has 1 amide bonds. The molecule has 2 aromatic rings. The van der Waals surface area contributed by atoms with E-state index in [0.29, 0.717) is 21.8 Å². The lowest BCUT2D eigenvalue weighted by Gasteiger charge is -2.10. The lowest BCUT2D eigenvalue weighted by molar-refractivity contribution is 0.0526. The van der Waals surface area contributed by atoms with Crippen LogP contribution in [0.2, 0.25) is 10.0 Å². The molecule has 2 rings (SSSR count). The number of amides is 1. The minimum atomic E-state index is -0.458. The van der Waals surface area contributed by atoms with Crippen molar-refractivity contribution in [2.24, 2.45) is 0 Å². The quantitative estimate of drug-likeness (QED) is 0.810. The summed E-state index contributed by atoms with van der Waals surface area (Å²) in [6.07, 6.45) is 0. The largest absolute Gasteiger partial charge is 0.462 e. The van der Waals surface area contributed by atoms with Gasteiger partial charge in [-0.1, -0.05) is 23.2 Å². The maximum Gasteiger partial charge on any atom is 0.338 e. The number of carbonyl (C=O) groups is 2. The first-order valence-electron chi connectivity index (χ1n) is 6.96.